The van der Waals surface area contributed by atoms with Crippen LogP contribution < -0.4 is 21.1 Å². The van der Waals surface area contributed by atoms with Crippen molar-refractivity contribution in [2.75, 3.05) is 18.4 Å². The van der Waals surface area contributed by atoms with Crippen molar-refractivity contribution in [3.05, 3.63) is 24.4 Å². The maximum absolute atomic E-state index is 10.1. The van der Waals surface area contributed by atoms with Gasteiger partial charge in [-0.3, -0.25) is 0 Å². The Morgan fingerprint density at radius 3 is 2.61 bits per heavy atom. The number of pyridine rings is 1. The van der Waals surface area contributed by atoms with E-state index in [4.69, 9.17) is 12.2 Å². The van der Waals surface area contributed by atoms with E-state index in [0.29, 0.717) is 24.0 Å². The number of hydrogen-bond donors (Lipinski definition) is 3. The van der Waals surface area contributed by atoms with E-state index in [-0.39, 0.29) is 0 Å². The molecule has 0 spiro atoms. The summed E-state index contributed by atoms with van der Waals surface area (Å²) in [6.45, 7) is 1.07. The highest BCUT2D eigenvalue weighted by Crippen LogP contribution is 1.98. The third kappa shape index (κ3) is 6.64. The number of hydrogen-bond acceptors (Lipinski definition) is 4. The van der Waals surface area contributed by atoms with Crippen LogP contribution in [-0.4, -0.2) is 29.3 Å². The minimum Gasteiger partial charge on any atom is -0.530 e. The van der Waals surface area contributed by atoms with Gasteiger partial charge in [0.1, 0.15) is 11.9 Å². The SMILES string of the molecule is O=C([O-])NCCCCNC(=S)Nc1ccccn1. The average molecular weight is 267 g/mol. The Labute approximate surface area is 111 Å². The zero-order valence-corrected chi connectivity index (χ0v) is 10.6. The minimum absolute atomic E-state index is 0.393. The fourth-order valence-electron chi connectivity index (χ4n) is 1.24. The number of unbranched alkanes of at least 4 members (excludes halogenated alkanes) is 1. The van der Waals surface area contributed by atoms with Gasteiger partial charge in [0.05, 0.1) is 0 Å². The third-order valence-corrected chi connectivity index (χ3v) is 2.31. The summed E-state index contributed by atoms with van der Waals surface area (Å²) in [6, 6.07) is 5.51. The Morgan fingerprint density at radius 1 is 1.28 bits per heavy atom. The van der Waals surface area contributed by atoms with Gasteiger partial charge in [-0.25, -0.2) is 4.98 Å². The van der Waals surface area contributed by atoms with Crippen LogP contribution in [0.1, 0.15) is 12.8 Å². The van der Waals surface area contributed by atoms with Crippen molar-refractivity contribution in [3.8, 4) is 0 Å². The van der Waals surface area contributed by atoms with Gasteiger partial charge in [0.25, 0.3) is 0 Å². The Hall–Kier alpha value is -1.89. The molecule has 1 aromatic rings. The number of thiocarbonyl (C=S) groups is 1. The van der Waals surface area contributed by atoms with E-state index in [9.17, 15) is 9.90 Å². The fraction of sp³-hybridized carbons (Fsp3) is 0.364. The average Bonchev–Trinajstić information content (AvgIpc) is 2.34. The molecule has 1 heterocycles. The molecule has 1 aromatic heterocycles. The van der Waals surface area contributed by atoms with Gasteiger partial charge in [-0.1, -0.05) is 6.07 Å². The molecule has 0 radical (unpaired) electrons. The lowest BCUT2D eigenvalue weighted by molar-refractivity contribution is -0.250. The largest absolute Gasteiger partial charge is 0.530 e. The molecule has 0 aliphatic heterocycles. The molecule has 18 heavy (non-hydrogen) atoms. The third-order valence-electron chi connectivity index (χ3n) is 2.06. The number of nitrogens with one attached hydrogen (secondary N) is 3. The van der Waals surface area contributed by atoms with Gasteiger partial charge in [-0.2, -0.15) is 0 Å². The topological polar surface area (TPSA) is 89.1 Å². The van der Waals surface area contributed by atoms with Crippen LogP contribution in [0.3, 0.4) is 0 Å². The number of nitrogens with zero attached hydrogens (tertiary/aromatic N) is 1. The van der Waals surface area contributed by atoms with Crippen molar-refractivity contribution < 1.29 is 9.90 Å². The van der Waals surface area contributed by atoms with Crippen LogP contribution >= 0.6 is 12.2 Å². The number of amides is 1. The Balaban J connectivity index is 2.05. The summed E-state index contributed by atoms with van der Waals surface area (Å²) in [5, 5.41) is 18.7. The van der Waals surface area contributed by atoms with Gasteiger partial charge < -0.3 is 25.9 Å². The lowest BCUT2D eigenvalue weighted by atomic mass is 10.3. The molecule has 0 fully saturated rings. The van der Waals surface area contributed by atoms with Crippen molar-refractivity contribution >= 4 is 29.2 Å². The lowest BCUT2D eigenvalue weighted by Crippen LogP contribution is -2.37. The summed E-state index contributed by atoms with van der Waals surface area (Å²) < 4.78 is 0. The number of carbonyl (C=O) groups is 1. The van der Waals surface area contributed by atoms with E-state index >= 15 is 0 Å². The normalized spacial score (nSPS) is 9.56. The highest BCUT2D eigenvalue weighted by Gasteiger charge is 1.96. The van der Waals surface area contributed by atoms with Crippen LogP contribution in [0.25, 0.3) is 0 Å². The Bertz CT molecular complexity index is 386. The van der Waals surface area contributed by atoms with Crippen LogP contribution in [0.2, 0.25) is 0 Å². The van der Waals surface area contributed by atoms with Crippen LogP contribution in [0.5, 0.6) is 0 Å². The predicted octanol–water partition coefficient (Wildman–Crippen LogP) is 0.0811. The van der Waals surface area contributed by atoms with Crippen LogP contribution in [0.15, 0.2) is 24.4 Å². The standard InChI is InChI=1S/C11H16N4O2S/c16-11(17)14-8-4-3-7-13-10(18)15-9-5-1-2-6-12-9/h1-2,5-6,14H,3-4,7-8H2,(H,16,17)(H2,12,13,15,18)/p-1. The zero-order valence-electron chi connectivity index (χ0n) is 9.81. The molecule has 0 saturated carbocycles. The second kappa shape index (κ2) is 8.24. The molecule has 1 rings (SSSR count). The Kier molecular flexibility index (Phi) is 6.49. The molecule has 3 N–H and O–H groups in total. The van der Waals surface area contributed by atoms with E-state index in [2.05, 4.69) is 20.9 Å². The maximum Gasteiger partial charge on any atom is 0.171 e. The molecule has 0 atom stereocenters. The first-order chi connectivity index (χ1) is 8.68. The molecule has 7 heteroatoms. The number of carbonyl (C=O) groups excluding carboxylic acids is 1. The van der Waals surface area contributed by atoms with E-state index in [0.717, 1.165) is 12.8 Å². The van der Waals surface area contributed by atoms with Gasteiger partial charge in [0.15, 0.2) is 5.11 Å². The first kappa shape index (κ1) is 14.2. The van der Waals surface area contributed by atoms with Gasteiger partial charge in [-0.05, 0) is 37.2 Å². The quantitative estimate of drug-likeness (QED) is 0.500. The van der Waals surface area contributed by atoms with Crippen LogP contribution in [0.4, 0.5) is 10.6 Å². The van der Waals surface area contributed by atoms with Gasteiger partial charge in [-0.15, -0.1) is 0 Å². The molecule has 0 aliphatic carbocycles. The fourth-order valence-corrected chi connectivity index (χ4v) is 1.45. The molecule has 0 aromatic carbocycles. The summed E-state index contributed by atoms with van der Waals surface area (Å²) in [4.78, 5) is 14.1. The van der Waals surface area contributed by atoms with Gasteiger partial charge in [0.2, 0.25) is 0 Å². The molecule has 1 amide bonds. The highest BCUT2D eigenvalue weighted by molar-refractivity contribution is 7.80. The van der Waals surface area contributed by atoms with Gasteiger partial charge in [0, 0.05) is 19.3 Å². The number of rotatable bonds is 6. The van der Waals surface area contributed by atoms with Crippen molar-refractivity contribution in [3.63, 3.8) is 0 Å². The summed E-state index contributed by atoms with van der Waals surface area (Å²) in [5.41, 5.74) is 0. The number of carboxylic acid groups (broad SMARTS) is 1. The molecule has 98 valence electrons. The molecular weight excluding hydrogens is 252 g/mol. The summed E-state index contributed by atoms with van der Waals surface area (Å²) >= 11 is 5.07. The molecule has 6 nitrogen and oxygen atoms in total. The molecular formula is C11H15N4O2S-. The summed E-state index contributed by atoms with van der Waals surface area (Å²) in [5.74, 6) is 0.689. The smallest absolute Gasteiger partial charge is 0.171 e. The van der Waals surface area contributed by atoms with Crippen LogP contribution in [0, 0.1) is 0 Å². The predicted molar refractivity (Wildman–Crippen MR) is 71.1 cm³/mol. The van der Waals surface area contributed by atoms with Crippen molar-refractivity contribution in [2.45, 2.75) is 12.8 Å². The second-order valence-electron chi connectivity index (χ2n) is 3.52. The highest BCUT2D eigenvalue weighted by atomic mass is 32.1. The van der Waals surface area contributed by atoms with E-state index < -0.39 is 6.09 Å². The lowest BCUT2D eigenvalue weighted by Gasteiger charge is -2.10. The van der Waals surface area contributed by atoms with Gasteiger partial charge >= 0.3 is 0 Å². The molecule has 0 bridgehead atoms. The Morgan fingerprint density at radius 2 is 2.00 bits per heavy atom. The van der Waals surface area contributed by atoms with Crippen molar-refractivity contribution in [2.24, 2.45) is 0 Å². The summed E-state index contributed by atoms with van der Waals surface area (Å²) in [7, 11) is 0. The first-order valence-corrected chi connectivity index (χ1v) is 6.00. The van der Waals surface area contributed by atoms with Crippen LogP contribution in [-0.2, 0) is 0 Å². The molecule has 0 aliphatic rings. The van der Waals surface area contributed by atoms with Crippen molar-refractivity contribution in [1.29, 1.82) is 0 Å². The second-order valence-corrected chi connectivity index (χ2v) is 3.93. The van der Waals surface area contributed by atoms with Crippen molar-refractivity contribution in [1.82, 2.24) is 15.6 Å². The monoisotopic (exact) mass is 267 g/mol. The van der Waals surface area contributed by atoms with E-state index in [1.165, 1.54) is 0 Å². The minimum atomic E-state index is -1.24. The zero-order chi connectivity index (χ0) is 13.2. The molecule has 0 saturated heterocycles. The summed E-state index contributed by atoms with van der Waals surface area (Å²) in [6.07, 6.45) is 1.98. The van der Waals surface area contributed by atoms with E-state index in [1.807, 2.05) is 18.2 Å². The molecule has 0 unspecified atom stereocenters. The maximum atomic E-state index is 10.1. The van der Waals surface area contributed by atoms with E-state index in [1.54, 1.807) is 6.20 Å². The number of anilines is 1. The first-order valence-electron chi connectivity index (χ1n) is 5.59. The number of aromatic nitrogens is 1.